The highest BCUT2D eigenvalue weighted by molar-refractivity contribution is 7.44. The lowest BCUT2D eigenvalue weighted by atomic mass is 9.95. The predicted octanol–water partition coefficient (Wildman–Crippen LogP) is 3.44. The molecule has 0 saturated carbocycles. The standard InChI is InChI=1S/C17H21O3P.CH4O/c1-12-5-4-6-15(7-12)10-17-13(2)8-16(9-14(17)3)20-11-21(18)19;1-2/h4-9,18-19H,10-11H2,1-3H3;2H,1H3. The van der Waals surface area contributed by atoms with Crippen LogP contribution in [-0.2, 0) is 6.42 Å². The molecular weight excluding hydrogens is 311 g/mol. The zero-order valence-electron chi connectivity index (χ0n) is 14.1. The fourth-order valence-corrected chi connectivity index (χ4v) is 2.74. The zero-order valence-corrected chi connectivity index (χ0v) is 15.0. The molecule has 0 unspecified atom stereocenters. The molecule has 3 N–H and O–H groups in total. The third-order valence-electron chi connectivity index (χ3n) is 3.48. The van der Waals surface area contributed by atoms with E-state index in [1.54, 1.807) is 0 Å². The summed E-state index contributed by atoms with van der Waals surface area (Å²) < 4.78 is 5.38. The zero-order chi connectivity index (χ0) is 17.4. The van der Waals surface area contributed by atoms with Gasteiger partial charge in [0, 0.05) is 7.11 Å². The lowest BCUT2D eigenvalue weighted by molar-refractivity contribution is 0.347. The van der Waals surface area contributed by atoms with Gasteiger partial charge < -0.3 is 19.6 Å². The van der Waals surface area contributed by atoms with Crippen LogP contribution in [0.4, 0.5) is 0 Å². The Labute approximate surface area is 139 Å². The van der Waals surface area contributed by atoms with Crippen molar-refractivity contribution in [1.82, 2.24) is 0 Å². The van der Waals surface area contributed by atoms with Crippen LogP contribution in [0.3, 0.4) is 0 Å². The average molecular weight is 336 g/mol. The van der Waals surface area contributed by atoms with Crippen LogP contribution in [0.2, 0.25) is 0 Å². The number of hydrogen-bond donors (Lipinski definition) is 3. The Hall–Kier alpha value is -1.45. The molecule has 0 aromatic heterocycles. The predicted molar refractivity (Wildman–Crippen MR) is 94.9 cm³/mol. The van der Waals surface area contributed by atoms with Crippen molar-refractivity contribution < 1.29 is 19.6 Å². The quantitative estimate of drug-likeness (QED) is 0.732. The molecule has 0 bridgehead atoms. The van der Waals surface area contributed by atoms with Crippen LogP contribution in [0, 0.1) is 20.8 Å². The molecule has 0 aliphatic rings. The van der Waals surface area contributed by atoms with E-state index in [1.807, 2.05) is 12.1 Å². The summed E-state index contributed by atoms with van der Waals surface area (Å²) in [7, 11) is -1.02. The first-order valence-corrected chi connectivity index (χ1v) is 8.77. The van der Waals surface area contributed by atoms with Crippen LogP contribution in [0.5, 0.6) is 5.75 Å². The van der Waals surface area contributed by atoms with Gasteiger partial charge in [0.1, 0.15) is 5.75 Å². The normalized spacial score (nSPS) is 10.3. The van der Waals surface area contributed by atoms with Crippen LogP contribution in [0.25, 0.3) is 0 Å². The van der Waals surface area contributed by atoms with Crippen molar-refractivity contribution in [1.29, 1.82) is 0 Å². The van der Waals surface area contributed by atoms with Crippen molar-refractivity contribution in [3.63, 3.8) is 0 Å². The second-order valence-corrected chi connectivity index (χ2v) is 6.35. The molecule has 0 spiro atoms. The van der Waals surface area contributed by atoms with E-state index >= 15 is 0 Å². The molecule has 0 saturated heterocycles. The molecule has 0 aliphatic heterocycles. The second kappa shape index (κ2) is 9.64. The summed E-state index contributed by atoms with van der Waals surface area (Å²) in [5, 5.41) is 7.00. The molecule has 2 rings (SSSR count). The van der Waals surface area contributed by atoms with Crippen molar-refractivity contribution >= 4 is 8.38 Å². The van der Waals surface area contributed by atoms with Gasteiger partial charge in [0.15, 0.2) is 6.35 Å². The number of aliphatic hydroxyl groups is 1. The maximum absolute atomic E-state index is 8.92. The van der Waals surface area contributed by atoms with Gasteiger partial charge in [0.05, 0.1) is 0 Å². The largest absolute Gasteiger partial charge is 0.484 e. The maximum atomic E-state index is 8.92. The molecule has 0 amide bonds. The first kappa shape index (κ1) is 19.6. The van der Waals surface area contributed by atoms with E-state index in [-0.39, 0.29) is 6.35 Å². The highest BCUT2D eigenvalue weighted by atomic mass is 31.2. The monoisotopic (exact) mass is 336 g/mol. The second-order valence-electron chi connectivity index (χ2n) is 5.35. The molecule has 126 valence electrons. The lowest BCUT2D eigenvalue weighted by Crippen LogP contribution is -2.00. The Morgan fingerprint density at radius 2 is 1.57 bits per heavy atom. The van der Waals surface area contributed by atoms with Crippen LogP contribution in [0.15, 0.2) is 36.4 Å². The lowest BCUT2D eigenvalue weighted by Gasteiger charge is -2.14. The van der Waals surface area contributed by atoms with Crippen LogP contribution in [0.1, 0.15) is 27.8 Å². The minimum absolute atomic E-state index is 0.0502. The van der Waals surface area contributed by atoms with E-state index in [4.69, 9.17) is 19.6 Å². The van der Waals surface area contributed by atoms with E-state index in [1.165, 1.54) is 16.7 Å². The molecule has 5 heteroatoms. The summed E-state index contributed by atoms with van der Waals surface area (Å²) in [6.45, 7) is 6.22. The summed E-state index contributed by atoms with van der Waals surface area (Å²) in [5.41, 5.74) is 6.17. The summed E-state index contributed by atoms with van der Waals surface area (Å²) in [6.07, 6.45) is 0.845. The minimum Gasteiger partial charge on any atom is -0.484 e. The van der Waals surface area contributed by atoms with Gasteiger partial charge in [-0.2, -0.15) is 0 Å². The highest BCUT2D eigenvalue weighted by Crippen LogP contribution is 2.28. The Morgan fingerprint density at radius 1 is 0.957 bits per heavy atom. The molecule has 4 nitrogen and oxygen atoms in total. The van der Waals surface area contributed by atoms with E-state index in [0.717, 1.165) is 24.7 Å². The molecule has 0 fully saturated rings. The number of benzene rings is 2. The van der Waals surface area contributed by atoms with Gasteiger partial charge in [0.25, 0.3) is 0 Å². The number of ether oxygens (including phenoxy) is 1. The van der Waals surface area contributed by atoms with Gasteiger partial charge >= 0.3 is 0 Å². The van der Waals surface area contributed by atoms with Gasteiger partial charge in [-0.25, -0.2) is 0 Å². The van der Waals surface area contributed by atoms with Gasteiger partial charge in [-0.15, -0.1) is 0 Å². The molecule has 0 heterocycles. The summed E-state index contributed by atoms with van der Waals surface area (Å²) >= 11 is 0. The molecule has 23 heavy (non-hydrogen) atoms. The Bertz CT molecular complexity index is 603. The Balaban J connectivity index is 0.00000127. The van der Waals surface area contributed by atoms with Crippen LogP contribution < -0.4 is 4.74 Å². The Kier molecular flexibility index (Phi) is 8.21. The SMILES string of the molecule is CO.Cc1cccc(Cc2c(C)cc(OCP(O)O)cc2C)c1. The van der Waals surface area contributed by atoms with Crippen molar-refractivity contribution in [3.8, 4) is 5.75 Å². The van der Waals surface area contributed by atoms with E-state index in [0.29, 0.717) is 5.75 Å². The van der Waals surface area contributed by atoms with Gasteiger partial charge in [-0.3, -0.25) is 0 Å². The van der Waals surface area contributed by atoms with E-state index in [9.17, 15) is 0 Å². The number of aliphatic hydroxyl groups excluding tert-OH is 1. The third-order valence-corrected chi connectivity index (χ3v) is 3.84. The molecular formula is C18H25O4P. The molecule has 0 radical (unpaired) electrons. The van der Waals surface area contributed by atoms with E-state index < -0.39 is 8.38 Å². The highest BCUT2D eigenvalue weighted by Gasteiger charge is 2.08. The number of rotatable bonds is 5. The molecule has 2 aromatic carbocycles. The van der Waals surface area contributed by atoms with Crippen LogP contribution >= 0.6 is 8.38 Å². The van der Waals surface area contributed by atoms with Crippen molar-refractivity contribution in [2.75, 3.05) is 13.5 Å². The van der Waals surface area contributed by atoms with Crippen molar-refractivity contribution in [2.24, 2.45) is 0 Å². The van der Waals surface area contributed by atoms with Gasteiger partial charge in [-0.1, -0.05) is 29.8 Å². The fourth-order valence-electron chi connectivity index (χ4n) is 2.47. The van der Waals surface area contributed by atoms with Gasteiger partial charge in [0.2, 0.25) is 8.38 Å². The van der Waals surface area contributed by atoms with E-state index in [2.05, 4.69) is 45.0 Å². The summed E-state index contributed by atoms with van der Waals surface area (Å²) in [4.78, 5) is 17.8. The van der Waals surface area contributed by atoms with Crippen LogP contribution in [-0.4, -0.2) is 28.4 Å². The topological polar surface area (TPSA) is 69.9 Å². The van der Waals surface area contributed by atoms with Crippen molar-refractivity contribution in [2.45, 2.75) is 27.2 Å². The minimum atomic E-state index is -2.02. The maximum Gasteiger partial charge on any atom is 0.205 e. The third kappa shape index (κ3) is 6.28. The molecule has 2 aromatic rings. The number of hydrogen-bond acceptors (Lipinski definition) is 4. The average Bonchev–Trinajstić information content (AvgIpc) is 2.51. The fraction of sp³-hybridized carbons (Fsp3) is 0.333. The van der Waals surface area contributed by atoms with Gasteiger partial charge in [-0.05, 0) is 61.6 Å². The Morgan fingerprint density at radius 3 is 2.09 bits per heavy atom. The number of aryl methyl sites for hydroxylation is 3. The molecule has 0 atom stereocenters. The summed E-state index contributed by atoms with van der Waals surface area (Å²) in [5.74, 6) is 0.689. The smallest absolute Gasteiger partial charge is 0.205 e. The van der Waals surface area contributed by atoms with Crippen molar-refractivity contribution in [3.05, 3.63) is 64.2 Å². The molecule has 0 aliphatic carbocycles. The first-order valence-electron chi connectivity index (χ1n) is 7.34. The first-order chi connectivity index (χ1) is 11.0. The summed E-state index contributed by atoms with van der Waals surface area (Å²) in [6, 6.07) is 12.4.